The molecule has 0 amide bonds. The fourth-order valence-electron chi connectivity index (χ4n) is 0.795. The van der Waals surface area contributed by atoms with Crippen LogP contribution in [0.4, 0.5) is 0 Å². The lowest BCUT2D eigenvalue weighted by Crippen LogP contribution is -2.17. The Morgan fingerprint density at radius 3 is 1.80 bits per heavy atom. The predicted octanol–water partition coefficient (Wildman–Crippen LogP) is 1.36. The van der Waals surface area contributed by atoms with Gasteiger partial charge in [-0.1, -0.05) is 20.8 Å². The lowest BCUT2D eigenvalue weighted by molar-refractivity contribution is 0.177. The van der Waals surface area contributed by atoms with E-state index < -0.39 is 0 Å². The molecule has 0 spiro atoms. The van der Waals surface area contributed by atoms with Gasteiger partial charge in [-0.3, -0.25) is 0 Å². The molecule has 0 aromatic rings. The van der Waals surface area contributed by atoms with Crippen molar-refractivity contribution in [3.8, 4) is 0 Å². The van der Waals surface area contributed by atoms with Gasteiger partial charge in [-0.05, 0) is 0 Å². The summed E-state index contributed by atoms with van der Waals surface area (Å²) in [5.41, 5.74) is 4.91. The minimum atomic E-state index is -0.241. The number of rotatable bonds is 1. The first kappa shape index (κ1) is 9.14. The van der Waals surface area contributed by atoms with Crippen molar-refractivity contribution in [2.75, 3.05) is 7.11 Å². The molecule has 3 nitrogen and oxygen atoms in total. The van der Waals surface area contributed by atoms with Crippen LogP contribution in [0.2, 0.25) is 0 Å². The van der Waals surface area contributed by atoms with Gasteiger partial charge in [0.05, 0.1) is 7.11 Å². The van der Waals surface area contributed by atoms with Gasteiger partial charge in [-0.25, -0.2) is 0 Å². The van der Waals surface area contributed by atoms with E-state index in [2.05, 4.69) is 0 Å². The zero-order valence-corrected chi connectivity index (χ0v) is 6.93. The lowest BCUT2D eigenvalue weighted by atomic mass is 9.94. The standard InChI is InChI=1S/C7H15NO2/c1-7(2,3)5(10-4)6(8)9/h9H,8H2,1-4H3/b6-5+. The minimum absolute atomic E-state index is 0.229. The average molecular weight is 145 g/mol. The van der Waals surface area contributed by atoms with Gasteiger partial charge in [0.2, 0.25) is 5.88 Å². The summed E-state index contributed by atoms with van der Waals surface area (Å²) < 4.78 is 4.88. The third kappa shape index (κ3) is 2.17. The Balaban J connectivity index is 4.55. The maximum Gasteiger partial charge on any atom is 0.221 e. The van der Waals surface area contributed by atoms with Gasteiger partial charge >= 0.3 is 0 Å². The van der Waals surface area contributed by atoms with E-state index in [4.69, 9.17) is 15.6 Å². The SMILES string of the molecule is CO/C(=C(\N)O)C(C)(C)C. The first-order chi connectivity index (χ1) is 4.39. The van der Waals surface area contributed by atoms with Crippen molar-refractivity contribution in [1.82, 2.24) is 0 Å². The summed E-state index contributed by atoms with van der Waals surface area (Å²) in [7, 11) is 1.49. The van der Waals surface area contributed by atoms with Gasteiger partial charge in [-0.2, -0.15) is 0 Å². The quantitative estimate of drug-likeness (QED) is 0.548. The Bertz CT molecular complexity index is 140. The summed E-state index contributed by atoms with van der Waals surface area (Å²) in [6.45, 7) is 5.73. The summed E-state index contributed by atoms with van der Waals surface area (Å²) in [5, 5.41) is 8.88. The van der Waals surface area contributed by atoms with Crippen LogP contribution in [0, 0.1) is 5.41 Å². The summed E-state index contributed by atoms with van der Waals surface area (Å²) in [4.78, 5) is 0. The van der Waals surface area contributed by atoms with Gasteiger partial charge < -0.3 is 15.6 Å². The molecule has 0 unspecified atom stereocenters. The number of aliphatic hydroxyl groups excluding tert-OH is 1. The van der Waals surface area contributed by atoms with Gasteiger partial charge in [0.25, 0.3) is 0 Å². The highest BCUT2D eigenvalue weighted by molar-refractivity contribution is 5.04. The molecule has 0 heterocycles. The average Bonchev–Trinajstić information content (AvgIpc) is 1.60. The van der Waals surface area contributed by atoms with Gasteiger partial charge in [-0.15, -0.1) is 0 Å². The fraction of sp³-hybridized carbons (Fsp3) is 0.714. The molecule has 0 aromatic heterocycles. The van der Waals surface area contributed by atoms with E-state index in [1.807, 2.05) is 20.8 Å². The van der Waals surface area contributed by atoms with Crippen LogP contribution in [0.1, 0.15) is 20.8 Å². The second kappa shape index (κ2) is 2.82. The normalized spacial score (nSPS) is 14.4. The molecule has 10 heavy (non-hydrogen) atoms. The third-order valence-corrected chi connectivity index (χ3v) is 1.12. The Labute approximate surface area is 61.5 Å². The van der Waals surface area contributed by atoms with Crippen molar-refractivity contribution in [3.63, 3.8) is 0 Å². The van der Waals surface area contributed by atoms with Crippen LogP contribution in [0.3, 0.4) is 0 Å². The molecule has 0 bridgehead atoms. The molecular formula is C7H15NO2. The molecule has 0 saturated carbocycles. The van der Waals surface area contributed by atoms with Crippen molar-refractivity contribution in [2.24, 2.45) is 11.1 Å². The molecule has 0 rings (SSSR count). The van der Waals surface area contributed by atoms with Gasteiger partial charge in [0.1, 0.15) is 0 Å². The number of ether oxygens (including phenoxy) is 1. The predicted molar refractivity (Wildman–Crippen MR) is 40.3 cm³/mol. The second-order valence-corrected chi connectivity index (χ2v) is 3.17. The first-order valence-electron chi connectivity index (χ1n) is 3.12. The zero-order chi connectivity index (χ0) is 8.36. The largest absolute Gasteiger partial charge is 0.495 e. The highest BCUT2D eigenvalue weighted by Gasteiger charge is 2.21. The van der Waals surface area contributed by atoms with Crippen LogP contribution >= 0.6 is 0 Å². The van der Waals surface area contributed by atoms with Crippen LogP contribution in [-0.4, -0.2) is 12.2 Å². The van der Waals surface area contributed by atoms with E-state index in [1.54, 1.807) is 0 Å². The van der Waals surface area contributed by atoms with Crippen molar-refractivity contribution >= 4 is 0 Å². The molecule has 0 fully saturated rings. The molecule has 0 aliphatic heterocycles. The number of nitrogens with two attached hydrogens (primary N) is 1. The van der Waals surface area contributed by atoms with Crippen molar-refractivity contribution in [2.45, 2.75) is 20.8 Å². The maximum absolute atomic E-state index is 8.88. The van der Waals surface area contributed by atoms with Crippen LogP contribution in [0.5, 0.6) is 0 Å². The molecule has 0 atom stereocenters. The van der Waals surface area contributed by atoms with Crippen molar-refractivity contribution in [1.29, 1.82) is 0 Å². The molecule has 0 aliphatic carbocycles. The summed E-state index contributed by atoms with van der Waals surface area (Å²) in [6.07, 6.45) is 0. The van der Waals surface area contributed by atoms with Crippen LogP contribution in [0.15, 0.2) is 11.6 Å². The van der Waals surface area contributed by atoms with E-state index in [1.165, 1.54) is 7.11 Å². The van der Waals surface area contributed by atoms with E-state index in [9.17, 15) is 0 Å². The number of hydrogen-bond acceptors (Lipinski definition) is 3. The van der Waals surface area contributed by atoms with Crippen LogP contribution < -0.4 is 5.73 Å². The second-order valence-electron chi connectivity index (χ2n) is 3.17. The zero-order valence-electron chi connectivity index (χ0n) is 6.93. The Kier molecular flexibility index (Phi) is 2.57. The van der Waals surface area contributed by atoms with Crippen LogP contribution in [-0.2, 0) is 4.74 Å². The monoisotopic (exact) mass is 145 g/mol. The minimum Gasteiger partial charge on any atom is -0.495 e. The van der Waals surface area contributed by atoms with Gasteiger partial charge in [0.15, 0.2) is 5.76 Å². The Hall–Kier alpha value is -0.860. The van der Waals surface area contributed by atoms with E-state index in [-0.39, 0.29) is 11.3 Å². The fourth-order valence-corrected chi connectivity index (χ4v) is 0.795. The third-order valence-electron chi connectivity index (χ3n) is 1.12. The number of allylic oxidation sites excluding steroid dienone is 1. The number of methoxy groups -OCH3 is 1. The summed E-state index contributed by atoms with van der Waals surface area (Å²) in [5.74, 6) is 0.183. The van der Waals surface area contributed by atoms with E-state index in [0.717, 1.165) is 0 Å². The Morgan fingerprint density at radius 1 is 1.40 bits per heavy atom. The van der Waals surface area contributed by atoms with Crippen molar-refractivity contribution < 1.29 is 9.84 Å². The van der Waals surface area contributed by atoms with Crippen LogP contribution in [0.25, 0.3) is 0 Å². The smallest absolute Gasteiger partial charge is 0.221 e. The molecule has 3 N–H and O–H groups in total. The number of aliphatic hydroxyl groups is 1. The van der Waals surface area contributed by atoms with Crippen molar-refractivity contribution in [3.05, 3.63) is 11.6 Å². The first-order valence-corrected chi connectivity index (χ1v) is 3.12. The van der Waals surface area contributed by atoms with Gasteiger partial charge in [0, 0.05) is 5.41 Å². The summed E-state index contributed by atoms with van der Waals surface area (Å²) >= 11 is 0. The highest BCUT2D eigenvalue weighted by atomic mass is 16.5. The Morgan fingerprint density at radius 2 is 1.80 bits per heavy atom. The lowest BCUT2D eigenvalue weighted by Gasteiger charge is -2.20. The molecule has 0 saturated heterocycles. The molecule has 60 valence electrons. The molecule has 3 heteroatoms. The van der Waals surface area contributed by atoms with E-state index >= 15 is 0 Å². The summed E-state index contributed by atoms with van der Waals surface area (Å²) in [6, 6.07) is 0. The van der Waals surface area contributed by atoms with E-state index in [0.29, 0.717) is 5.76 Å². The topological polar surface area (TPSA) is 55.5 Å². The molecule has 0 radical (unpaired) electrons. The molecule has 0 aliphatic rings. The highest BCUT2D eigenvalue weighted by Crippen LogP contribution is 2.25. The maximum atomic E-state index is 8.88. The number of hydrogen-bond donors (Lipinski definition) is 2. The molecular weight excluding hydrogens is 130 g/mol. The molecule has 0 aromatic carbocycles.